The maximum absolute atomic E-state index is 12.3. The molecule has 0 saturated carbocycles. The van der Waals surface area contributed by atoms with Crippen LogP contribution in [0, 0.1) is 0 Å². The largest absolute Gasteiger partial charge is 0.495 e. The third-order valence-corrected chi connectivity index (χ3v) is 4.53. The van der Waals surface area contributed by atoms with Crippen molar-refractivity contribution in [1.82, 2.24) is 15.6 Å². The molecular formula is C18H22Cl2N4O2. The van der Waals surface area contributed by atoms with E-state index in [1.54, 1.807) is 37.6 Å². The van der Waals surface area contributed by atoms with Gasteiger partial charge in [-0.1, -0.05) is 11.6 Å². The molecule has 1 aliphatic rings. The number of nitrogens with one attached hydrogen (secondary N) is 3. The van der Waals surface area contributed by atoms with Crippen LogP contribution in [-0.2, 0) is 0 Å². The number of carbonyl (C=O) groups excluding carboxylic acids is 1. The molecule has 2 unspecified atom stereocenters. The number of amides is 2. The van der Waals surface area contributed by atoms with Gasteiger partial charge < -0.3 is 20.7 Å². The van der Waals surface area contributed by atoms with Crippen molar-refractivity contribution in [3.63, 3.8) is 0 Å². The van der Waals surface area contributed by atoms with E-state index >= 15 is 0 Å². The van der Waals surface area contributed by atoms with E-state index in [4.69, 9.17) is 16.3 Å². The van der Waals surface area contributed by atoms with Crippen molar-refractivity contribution in [3.05, 3.63) is 53.3 Å². The summed E-state index contributed by atoms with van der Waals surface area (Å²) in [6.45, 7) is 1.63. The smallest absolute Gasteiger partial charge is 0.319 e. The fourth-order valence-corrected chi connectivity index (χ4v) is 3.07. The lowest BCUT2D eigenvalue weighted by Crippen LogP contribution is -2.49. The number of hydrogen-bond acceptors (Lipinski definition) is 4. The molecule has 6 nitrogen and oxygen atoms in total. The maximum Gasteiger partial charge on any atom is 0.319 e. The van der Waals surface area contributed by atoms with Crippen LogP contribution in [-0.4, -0.2) is 37.3 Å². The summed E-state index contributed by atoms with van der Waals surface area (Å²) in [5, 5.41) is 9.90. The lowest BCUT2D eigenvalue weighted by atomic mass is 9.90. The third kappa shape index (κ3) is 5.24. The van der Waals surface area contributed by atoms with Crippen molar-refractivity contribution in [2.45, 2.75) is 18.4 Å². The average molecular weight is 397 g/mol. The molecule has 3 rings (SSSR count). The van der Waals surface area contributed by atoms with Crippen LogP contribution in [0.5, 0.6) is 5.75 Å². The molecule has 2 heterocycles. The highest BCUT2D eigenvalue weighted by atomic mass is 35.5. The topological polar surface area (TPSA) is 75.3 Å². The zero-order valence-electron chi connectivity index (χ0n) is 14.4. The highest BCUT2D eigenvalue weighted by molar-refractivity contribution is 6.30. The second kappa shape index (κ2) is 9.62. The van der Waals surface area contributed by atoms with Gasteiger partial charge in [0, 0.05) is 34.9 Å². The van der Waals surface area contributed by atoms with Gasteiger partial charge in [-0.05, 0) is 49.4 Å². The summed E-state index contributed by atoms with van der Waals surface area (Å²) in [4.78, 5) is 16.8. The SMILES string of the molecule is COc1ccc(C2CNCCC2NC(=O)Nc2ccc(Cl)cc2)nc1.Cl. The molecule has 3 N–H and O–H groups in total. The predicted octanol–water partition coefficient (Wildman–Crippen LogP) is 3.43. The van der Waals surface area contributed by atoms with Gasteiger partial charge in [-0.15, -0.1) is 12.4 Å². The highest BCUT2D eigenvalue weighted by Crippen LogP contribution is 2.24. The van der Waals surface area contributed by atoms with Crippen LogP contribution >= 0.6 is 24.0 Å². The van der Waals surface area contributed by atoms with Gasteiger partial charge in [0.05, 0.1) is 13.3 Å². The van der Waals surface area contributed by atoms with E-state index in [1.165, 1.54) is 0 Å². The standard InChI is InChI=1S/C18H21ClN4O2.ClH/c1-25-14-6-7-16(21-10-14)15-11-20-9-8-17(15)23-18(24)22-13-4-2-12(19)3-5-13;/h2-7,10,15,17,20H,8-9,11H2,1H3,(H2,22,23,24);1H. The van der Waals surface area contributed by atoms with Crippen LogP contribution in [0.25, 0.3) is 0 Å². The molecule has 2 atom stereocenters. The number of ether oxygens (including phenoxy) is 1. The minimum Gasteiger partial charge on any atom is -0.495 e. The van der Waals surface area contributed by atoms with Crippen LogP contribution < -0.4 is 20.7 Å². The van der Waals surface area contributed by atoms with Gasteiger partial charge in [0.15, 0.2) is 0 Å². The Morgan fingerprint density at radius 3 is 2.69 bits per heavy atom. The number of benzene rings is 1. The van der Waals surface area contributed by atoms with Crippen molar-refractivity contribution < 1.29 is 9.53 Å². The molecule has 0 aliphatic carbocycles. The van der Waals surface area contributed by atoms with Crippen molar-refractivity contribution in [3.8, 4) is 5.75 Å². The van der Waals surface area contributed by atoms with Gasteiger partial charge in [-0.25, -0.2) is 4.79 Å². The van der Waals surface area contributed by atoms with E-state index in [-0.39, 0.29) is 30.4 Å². The normalized spacial score (nSPS) is 19.2. The van der Waals surface area contributed by atoms with E-state index in [9.17, 15) is 4.79 Å². The van der Waals surface area contributed by atoms with E-state index < -0.39 is 0 Å². The summed E-state index contributed by atoms with van der Waals surface area (Å²) in [5.41, 5.74) is 1.64. The van der Waals surface area contributed by atoms with Gasteiger partial charge in [-0.3, -0.25) is 4.98 Å². The Labute approximate surface area is 164 Å². The number of rotatable bonds is 4. The fraction of sp³-hybridized carbons (Fsp3) is 0.333. The monoisotopic (exact) mass is 396 g/mol. The highest BCUT2D eigenvalue weighted by Gasteiger charge is 2.28. The number of aromatic nitrogens is 1. The molecule has 1 aromatic heterocycles. The summed E-state index contributed by atoms with van der Waals surface area (Å²) in [6, 6.07) is 10.6. The molecule has 1 saturated heterocycles. The predicted molar refractivity (Wildman–Crippen MR) is 106 cm³/mol. The number of pyridine rings is 1. The fourth-order valence-electron chi connectivity index (χ4n) is 2.94. The summed E-state index contributed by atoms with van der Waals surface area (Å²) in [6.07, 6.45) is 2.54. The molecule has 8 heteroatoms. The second-order valence-electron chi connectivity index (χ2n) is 5.93. The Kier molecular flexibility index (Phi) is 7.50. The van der Waals surface area contributed by atoms with Crippen LogP contribution in [0.2, 0.25) is 5.02 Å². The Hall–Kier alpha value is -2.02. The lowest BCUT2D eigenvalue weighted by molar-refractivity contribution is 0.241. The van der Waals surface area contributed by atoms with Crippen LogP contribution in [0.3, 0.4) is 0 Å². The number of urea groups is 1. The second-order valence-corrected chi connectivity index (χ2v) is 6.37. The first kappa shape index (κ1) is 20.3. The summed E-state index contributed by atoms with van der Waals surface area (Å²) < 4.78 is 5.16. The Morgan fingerprint density at radius 2 is 2.04 bits per heavy atom. The van der Waals surface area contributed by atoms with Crippen LogP contribution in [0.1, 0.15) is 18.0 Å². The Balaban J connectivity index is 0.00000243. The average Bonchev–Trinajstić information content (AvgIpc) is 2.64. The molecule has 2 amide bonds. The van der Waals surface area contributed by atoms with Gasteiger partial charge >= 0.3 is 6.03 Å². The first-order valence-electron chi connectivity index (χ1n) is 8.19. The molecule has 0 spiro atoms. The van der Waals surface area contributed by atoms with Crippen LogP contribution in [0.15, 0.2) is 42.6 Å². The quantitative estimate of drug-likeness (QED) is 0.739. The van der Waals surface area contributed by atoms with Crippen LogP contribution in [0.4, 0.5) is 10.5 Å². The summed E-state index contributed by atoms with van der Waals surface area (Å²) in [7, 11) is 1.62. The molecule has 0 bridgehead atoms. The van der Waals surface area contributed by atoms with Gasteiger partial charge in [0.1, 0.15) is 5.75 Å². The third-order valence-electron chi connectivity index (χ3n) is 4.28. The summed E-state index contributed by atoms with van der Waals surface area (Å²) >= 11 is 5.86. The molecule has 2 aromatic rings. The van der Waals surface area contributed by atoms with Crippen molar-refractivity contribution in [2.24, 2.45) is 0 Å². The molecule has 0 radical (unpaired) electrons. The molecule has 1 aliphatic heterocycles. The van der Waals surface area contributed by atoms with E-state index in [0.717, 1.165) is 31.0 Å². The number of piperidine rings is 1. The van der Waals surface area contributed by atoms with E-state index in [1.807, 2.05) is 12.1 Å². The number of carbonyl (C=O) groups is 1. The Bertz CT molecular complexity index is 710. The number of anilines is 1. The van der Waals surface area contributed by atoms with Gasteiger partial charge in [-0.2, -0.15) is 0 Å². The number of halogens is 2. The zero-order valence-corrected chi connectivity index (χ0v) is 15.9. The minimum atomic E-state index is -0.229. The zero-order chi connectivity index (χ0) is 17.6. The number of hydrogen-bond donors (Lipinski definition) is 3. The lowest BCUT2D eigenvalue weighted by Gasteiger charge is -2.32. The first-order chi connectivity index (χ1) is 12.2. The Morgan fingerprint density at radius 1 is 1.27 bits per heavy atom. The number of methoxy groups -OCH3 is 1. The molecule has 1 aromatic carbocycles. The molecule has 1 fully saturated rings. The van der Waals surface area contributed by atoms with Crippen molar-refractivity contribution in [1.29, 1.82) is 0 Å². The summed E-state index contributed by atoms with van der Waals surface area (Å²) in [5.74, 6) is 0.827. The molecular weight excluding hydrogens is 375 g/mol. The van der Waals surface area contributed by atoms with E-state index in [0.29, 0.717) is 10.7 Å². The van der Waals surface area contributed by atoms with Crippen molar-refractivity contribution >= 4 is 35.7 Å². The van der Waals surface area contributed by atoms with Gasteiger partial charge in [0.2, 0.25) is 0 Å². The number of nitrogens with zero attached hydrogens (tertiary/aromatic N) is 1. The minimum absolute atomic E-state index is 0. The van der Waals surface area contributed by atoms with E-state index in [2.05, 4.69) is 20.9 Å². The molecule has 26 heavy (non-hydrogen) atoms. The molecule has 140 valence electrons. The first-order valence-corrected chi connectivity index (χ1v) is 8.57. The van der Waals surface area contributed by atoms with Gasteiger partial charge in [0.25, 0.3) is 0 Å². The maximum atomic E-state index is 12.3. The van der Waals surface area contributed by atoms with Crippen molar-refractivity contribution in [2.75, 3.05) is 25.5 Å².